The van der Waals surface area contributed by atoms with Crippen LogP contribution in [-0.2, 0) is 14.6 Å². The molecule has 3 aromatic rings. The molecule has 2 aliphatic rings. The molecule has 0 amide bonds. The maximum absolute atomic E-state index is 11.6. The second-order valence-corrected chi connectivity index (χ2v) is 10.7. The van der Waals surface area contributed by atoms with Crippen LogP contribution < -0.4 is 15.0 Å². The molecule has 1 saturated heterocycles. The number of morpholine rings is 1. The molecule has 3 heterocycles. The lowest BCUT2D eigenvalue weighted by atomic mass is 9.93. The van der Waals surface area contributed by atoms with Crippen molar-refractivity contribution in [2.24, 2.45) is 0 Å². The molecular weight excluding hydrogens is 456 g/mol. The van der Waals surface area contributed by atoms with Crippen molar-refractivity contribution >= 4 is 32.4 Å². The summed E-state index contributed by atoms with van der Waals surface area (Å²) in [7, 11) is -3.35. The highest BCUT2D eigenvalue weighted by molar-refractivity contribution is 7.90. The van der Waals surface area contributed by atoms with E-state index < -0.39 is 9.84 Å². The van der Waals surface area contributed by atoms with E-state index in [1.807, 2.05) is 0 Å². The summed E-state index contributed by atoms with van der Waals surface area (Å²) in [5.41, 5.74) is 2.69. The molecular formula is C23H28N6O4S. The van der Waals surface area contributed by atoms with Crippen molar-refractivity contribution < 1.29 is 17.9 Å². The zero-order valence-corrected chi connectivity index (χ0v) is 19.9. The number of fused-ring (bicyclic) bond motifs is 1. The number of aromatic nitrogens is 4. The fourth-order valence-electron chi connectivity index (χ4n) is 4.43. The molecule has 0 atom stereocenters. The van der Waals surface area contributed by atoms with Crippen molar-refractivity contribution in [1.82, 2.24) is 20.2 Å². The molecule has 10 nitrogen and oxygen atoms in total. The second-order valence-electron chi connectivity index (χ2n) is 8.73. The van der Waals surface area contributed by atoms with Crippen molar-refractivity contribution in [1.29, 1.82) is 0 Å². The monoisotopic (exact) mass is 484 g/mol. The summed E-state index contributed by atoms with van der Waals surface area (Å²) in [6.45, 7) is 3.12. The quantitative estimate of drug-likeness (QED) is 0.559. The summed E-state index contributed by atoms with van der Waals surface area (Å²) < 4.78 is 35.1. The van der Waals surface area contributed by atoms with Crippen molar-refractivity contribution in [2.75, 3.05) is 42.8 Å². The summed E-state index contributed by atoms with van der Waals surface area (Å²) in [5, 5.41) is 11.2. The Morgan fingerprint density at radius 2 is 1.79 bits per heavy atom. The SMILES string of the molecule is CS(=O)(=O)c1ccc(NC2CCC(Oc3cc(N4CCOCC4)cc4nccnc34)CC2)nn1. The van der Waals surface area contributed by atoms with Gasteiger partial charge in [-0.2, -0.15) is 0 Å². The third-order valence-electron chi connectivity index (χ3n) is 6.24. The molecule has 1 aromatic carbocycles. The van der Waals surface area contributed by atoms with E-state index >= 15 is 0 Å². The Morgan fingerprint density at radius 1 is 1.03 bits per heavy atom. The van der Waals surface area contributed by atoms with Gasteiger partial charge in [0, 0.05) is 49.5 Å². The van der Waals surface area contributed by atoms with E-state index in [0.717, 1.165) is 67.5 Å². The van der Waals surface area contributed by atoms with Gasteiger partial charge in [-0.15, -0.1) is 10.2 Å². The van der Waals surface area contributed by atoms with Crippen LogP contribution in [0.25, 0.3) is 11.0 Å². The third kappa shape index (κ3) is 5.20. The molecule has 5 rings (SSSR count). The lowest BCUT2D eigenvalue weighted by molar-refractivity contribution is 0.122. The van der Waals surface area contributed by atoms with Crippen LogP contribution in [0.1, 0.15) is 25.7 Å². The Morgan fingerprint density at radius 3 is 2.50 bits per heavy atom. The summed E-state index contributed by atoms with van der Waals surface area (Å²) in [6.07, 6.45) is 8.20. The van der Waals surface area contributed by atoms with Crippen LogP contribution in [0.4, 0.5) is 11.5 Å². The van der Waals surface area contributed by atoms with Crippen LogP contribution in [0.3, 0.4) is 0 Å². The van der Waals surface area contributed by atoms with E-state index in [4.69, 9.17) is 9.47 Å². The number of nitrogens with one attached hydrogen (secondary N) is 1. The van der Waals surface area contributed by atoms with Gasteiger partial charge >= 0.3 is 0 Å². The molecule has 1 saturated carbocycles. The highest BCUT2D eigenvalue weighted by Gasteiger charge is 2.24. The number of benzene rings is 1. The van der Waals surface area contributed by atoms with Crippen LogP contribution in [-0.4, -0.2) is 73.3 Å². The lowest BCUT2D eigenvalue weighted by Gasteiger charge is -2.31. The van der Waals surface area contributed by atoms with Gasteiger partial charge in [-0.05, 0) is 43.9 Å². The van der Waals surface area contributed by atoms with E-state index in [2.05, 4.69) is 42.5 Å². The minimum absolute atomic E-state index is 0.0233. The van der Waals surface area contributed by atoms with E-state index in [1.165, 1.54) is 6.07 Å². The van der Waals surface area contributed by atoms with E-state index in [9.17, 15) is 8.42 Å². The van der Waals surface area contributed by atoms with Gasteiger partial charge in [0.05, 0.1) is 24.8 Å². The summed E-state index contributed by atoms with van der Waals surface area (Å²) >= 11 is 0. The fourth-order valence-corrected chi connectivity index (χ4v) is 4.94. The van der Waals surface area contributed by atoms with E-state index in [-0.39, 0.29) is 17.2 Å². The lowest BCUT2D eigenvalue weighted by Crippen LogP contribution is -2.36. The topological polar surface area (TPSA) is 119 Å². The molecule has 0 bridgehead atoms. The van der Waals surface area contributed by atoms with Gasteiger partial charge in [0.25, 0.3) is 0 Å². The zero-order valence-electron chi connectivity index (χ0n) is 19.1. The van der Waals surface area contributed by atoms with Crippen LogP contribution in [0, 0.1) is 0 Å². The van der Waals surface area contributed by atoms with Gasteiger partial charge in [0.1, 0.15) is 17.1 Å². The molecule has 11 heteroatoms. The minimum Gasteiger partial charge on any atom is -0.488 e. The maximum Gasteiger partial charge on any atom is 0.194 e. The number of ether oxygens (including phenoxy) is 2. The molecule has 1 aliphatic carbocycles. The summed E-state index contributed by atoms with van der Waals surface area (Å²) in [6, 6.07) is 7.51. The highest BCUT2D eigenvalue weighted by Crippen LogP contribution is 2.33. The van der Waals surface area contributed by atoms with Crippen molar-refractivity contribution in [2.45, 2.75) is 42.9 Å². The van der Waals surface area contributed by atoms with E-state index in [0.29, 0.717) is 19.0 Å². The Bertz CT molecular complexity index is 1240. The van der Waals surface area contributed by atoms with Crippen molar-refractivity contribution in [3.8, 4) is 5.75 Å². The van der Waals surface area contributed by atoms with Gasteiger partial charge in [-0.25, -0.2) is 13.4 Å². The maximum atomic E-state index is 11.6. The Balaban J connectivity index is 1.24. The zero-order chi connectivity index (χ0) is 23.5. The number of anilines is 2. The molecule has 0 spiro atoms. The van der Waals surface area contributed by atoms with Gasteiger partial charge in [-0.3, -0.25) is 4.98 Å². The number of nitrogens with zero attached hydrogens (tertiary/aromatic N) is 5. The molecule has 1 N–H and O–H groups in total. The Hall–Kier alpha value is -3.05. The second kappa shape index (κ2) is 9.67. The number of rotatable bonds is 6. The first-order chi connectivity index (χ1) is 16.5. The smallest absolute Gasteiger partial charge is 0.194 e. The molecule has 2 fully saturated rings. The fraction of sp³-hybridized carbons (Fsp3) is 0.478. The highest BCUT2D eigenvalue weighted by atomic mass is 32.2. The first kappa shape index (κ1) is 22.7. The third-order valence-corrected chi connectivity index (χ3v) is 7.22. The van der Waals surface area contributed by atoms with Gasteiger partial charge < -0.3 is 19.7 Å². The predicted molar refractivity (Wildman–Crippen MR) is 128 cm³/mol. The van der Waals surface area contributed by atoms with E-state index in [1.54, 1.807) is 18.5 Å². The normalized spacial score (nSPS) is 21.4. The van der Waals surface area contributed by atoms with Crippen molar-refractivity contribution in [3.05, 3.63) is 36.7 Å². The van der Waals surface area contributed by atoms with Crippen LogP contribution in [0.2, 0.25) is 0 Å². The molecule has 2 aromatic heterocycles. The average molecular weight is 485 g/mol. The summed E-state index contributed by atoms with van der Waals surface area (Å²) in [4.78, 5) is 11.3. The van der Waals surface area contributed by atoms with Gasteiger partial charge in [0.2, 0.25) is 0 Å². The first-order valence-electron chi connectivity index (χ1n) is 11.5. The van der Waals surface area contributed by atoms with Gasteiger partial charge in [-0.1, -0.05) is 0 Å². The molecule has 0 unspecified atom stereocenters. The Kier molecular flexibility index (Phi) is 6.46. The van der Waals surface area contributed by atoms with Crippen LogP contribution in [0.15, 0.2) is 41.7 Å². The molecule has 34 heavy (non-hydrogen) atoms. The molecule has 0 radical (unpaired) electrons. The number of hydrogen-bond acceptors (Lipinski definition) is 10. The molecule has 1 aliphatic heterocycles. The average Bonchev–Trinajstić information content (AvgIpc) is 2.85. The number of sulfone groups is 1. The molecule has 180 valence electrons. The van der Waals surface area contributed by atoms with Crippen LogP contribution in [0.5, 0.6) is 5.75 Å². The van der Waals surface area contributed by atoms with Gasteiger partial charge in [0.15, 0.2) is 14.9 Å². The van der Waals surface area contributed by atoms with Crippen molar-refractivity contribution in [3.63, 3.8) is 0 Å². The number of hydrogen-bond donors (Lipinski definition) is 1. The Labute approximate surface area is 198 Å². The predicted octanol–water partition coefficient (Wildman–Crippen LogP) is 2.46. The minimum atomic E-state index is -3.35. The summed E-state index contributed by atoms with van der Waals surface area (Å²) in [5.74, 6) is 1.35. The standard InChI is InChI=1S/C23H28N6O4S/c1-34(30,31)22-7-6-21(27-28-22)26-16-2-4-18(5-3-16)33-20-15-17(29-10-12-32-13-11-29)14-19-23(20)25-9-8-24-19/h6-9,14-16,18H,2-5,10-13H2,1H3,(H,26,27). The largest absolute Gasteiger partial charge is 0.488 e. The van der Waals surface area contributed by atoms with Crippen LogP contribution >= 0.6 is 0 Å². The first-order valence-corrected chi connectivity index (χ1v) is 13.4.